The summed E-state index contributed by atoms with van der Waals surface area (Å²) in [5.74, 6) is -0.740. The molecule has 6 aliphatic rings. The van der Waals surface area contributed by atoms with Crippen LogP contribution in [0.3, 0.4) is 0 Å². The third kappa shape index (κ3) is 7.27. The van der Waals surface area contributed by atoms with Crippen LogP contribution in [-0.2, 0) is 37.9 Å². The van der Waals surface area contributed by atoms with Crippen LogP contribution in [-0.4, -0.2) is 133 Å². The van der Waals surface area contributed by atoms with E-state index < -0.39 is 105 Å². The van der Waals surface area contributed by atoms with Gasteiger partial charge in [-0.1, -0.05) is 23.5 Å². The maximum atomic E-state index is 16.0. The van der Waals surface area contributed by atoms with Crippen LogP contribution in [0, 0.1) is 11.3 Å². The highest BCUT2D eigenvalue weighted by Gasteiger charge is 2.77. The molecule has 332 valence electrons. The topological polar surface area (TPSA) is 323 Å². The van der Waals surface area contributed by atoms with Crippen molar-refractivity contribution in [2.75, 3.05) is 26.1 Å². The van der Waals surface area contributed by atoms with Crippen molar-refractivity contribution in [3.63, 3.8) is 0 Å². The molecule has 2 aromatic carbocycles. The van der Waals surface area contributed by atoms with Crippen molar-refractivity contribution in [2.24, 2.45) is 32.0 Å². The number of ether oxygens (including phenoxy) is 3. The molecule has 0 amide bonds. The number of aliphatic imine (C=N–C) groups is 3. The van der Waals surface area contributed by atoms with Crippen molar-refractivity contribution in [2.45, 2.75) is 66.7 Å². The van der Waals surface area contributed by atoms with Crippen molar-refractivity contribution in [1.82, 2.24) is 24.4 Å². The lowest BCUT2D eigenvalue weighted by Crippen LogP contribution is -2.52. The molecular formula is C37H40N10O13P2S. The number of carbonyl (C=O) groups is 1. The largest absolute Gasteiger partial charge is 0.508 e. The number of phenols is 1. The Morgan fingerprint density at radius 2 is 1.89 bits per heavy atom. The molecule has 2 saturated carbocycles. The van der Waals surface area contributed by atoms with Gasteiger partial charge >= 0.3 is 13.8 Å². The predicted molar refractivity (Wildman–Crippen MR) is 224 cm³/mol. The first-order valence-electron chi connectivity index (χ1n) is 19.6. The van der Waals surface area contributed by atoms with Crippen LogP contribution in [0.2, 0.25) is 0 Å². The average Bonchev–Trinajstić information content (AvgIpc) is 3.58. The lowest BCUT2D eigenvalue weighted by Gasteiger charge is -2.38. The Bertz CT molecular complexity index is 2720. The van der Waals surface area contributed by atoms with E-state index in [4.69, 9.17) is 39.2 Å². The average molecular weight is 927 g/mol. The quantitative estimate of drug-likeness (QED) is 0.0833. The molecule has 10 rings (SSSR count). The summed E-state index contributed by atoms with van der Waals surface area (Å²) in [6.45, 7) is -5.06. The molecule has 4 aliphatic heterocycles. The number of hydrogen-bond donors (Lipinski definition) is 6. The van der Waals surface area contributed by atoms with Gasteiger partial charge in [-0.3, -0.25) is 33.0 Å². The van der Waals surface area contributed by atoms with Gasteiger partial charge in [-0.15, -0.1) is 0 Å². The number of methoxy groups -OCH3 is 1. The fourth-order valence-electron chi connectivity index (χ4n) is 9.33. The summed E-state index contributed by atoms with van der Waals surface area (Å²) < 4.78 is 67.3. The number of nitrogen functional groups attached to an aromatic ring is 1. The van der Waals surface area contributed by atoms with Crippen molar-refractivity contribution in [3.8, 4) is 11.5 Å². The number of fused-ring (bicyclic) bond motifs is 4. The lowest BCUT2D eigenvalue weighted by atomic mass is 10.0. The minimum absolute atomic E-state index is 0.00179. The molecule has 13 atom stereocenters. The van der Waals surface area contributed by atoms with Gasteiger partial charge in [-0.2, -0.15) is 4.98 Å². The number of imidazole rings is 1. The molecule has 4 aromatic rings. The molecule has 5 unspecified atom stereocenters. The van der Waals surface area contributed by atoms with Gasteiger partial charge in [0.2, 0.25) is 5.95 Å². The highest BCUT2D eigenvalue weighted by atomic mass is 32.7. The van der Waals surface area contributed by atoms with Gasteiger partial charge in [0.1, 0.15) is 48.0 Å². The number of aromatic amines is 1. The van der Waals surface area contributed by atoms with Gasteiger partial charge in [0.25, 0.3) is 12.1 Å². The van der Waals surface area contributed by atoms with Crippen LogP contribution in [0.15, 0.2) is 74.6 Å². The zero-order chi connectivity index (χ0) is 44.0. The molecule has 2 bridgehead atoms. The summed E-state index contributed by atoms with van der Waals surface area (Å²) in [5, 5.41) is 22.0. The van der Waals surface area contributed by atoms with E-state index in [0.29, 0.717) is 12.0 Å². The monoisotopic (exact) mass is 926 g/mol. The Morgan fingerprint density at radius 1 is 1.11 bits per heavy atom. The van der Waals surface area contributed by atoms with E-state index in [1.807, 2.05) is 0 Å². The SMILES string of the molecule is CO[C@H]1[C@H]2OP(=O)(O)OCC34C[C@@H]3[C@@H](N3C=NC5C(N)=NC=NC53)[C@H](O)[C@@H]4P(=O)(SCc3ccc(OC(=O)c4ccc(O)cc4)cc3)OC[C@H]1O[C@H]2n1cnc2c(=O)[nH]c(N)nc21. The van der Waals surface area contributed by atoms with Crippen LogP contribution in [0.5, 0.6) is 11.5 Å². The first-order chi connectivity index (χ1) is 30.2. The minimum Gasteiger partial charge on any atom is -0.508 e. The molecule has 63 heavy (non-hydrogen) atoms. The van der Waals surface area contributed by atoms with Crippen LogP contribution in [0.25, 0.3) is 11.2 Å². The number of amidine groups is 1. The maximum Gasteiger partial charge on any atom is 0.472 e. The number of esters is 1. The van der Waals surface area contributed by atoms with Crippen molar-refractivity contribution in [3.05, 3.63) is 76.3 Å². The van der Waals surface area contributed by atoms with Gasteiger partial charge in [-0.25, -0.2) is 24.3 Å². The second-order valence-electron chi connectivity index (χ2n) is 15.9. The number of benzene rings is 2. The number of aliphatic hydroxyl groups excluding tert-OH is 1. The Morgan fingerprint density at radius 3 is 2.65 bits per heavy atom. The number of aromatic hydroxyl groups is 1. The van der Waals surface area contributed by atoms with E-state index in [2.05, 4.69) is 29.9 Å². The number of phenolic OH excluding ortho intramolecular Hbond substituents is 1. The van der Waals surface area contributed by atoms with E-state index in [-0.39, 0.29) is 45.8 Å². The lowest BCUT2D eigenvalue weighted by molar-refractivity contribution is -0.0487. The standard InChI is InChI=1S/C37H40N10O13P2S/c1-55-27-22-11-56-61(52,63-12-17-2-8-20(9-3-17)58-35(51)18-4-6-19(48)7-5-18)29-26(49)25(46-15-42-23-30(38)40-14-41-31(23)46)21-10-37(21,29)13-57-62(53,54)60-28(27)34(59-22)47-16-43-24-32(47)44-36(39)45-33(24)50/h2-9,14-16,21-23,25-29,31,34,48-49H,10-13H2,1H3,(H,53,54)(H2,38,40,41)(H3,39,44,45,50)/t21-,22-,23?,25-,26+,27-,28-,29+,31?,34-,37?,61?/m1/s1. The van der Waals surface area contributed by atoms with Gasteiger partial charge in [0.05, 0.1) is 49.2 Å². The summed E-state index contributed by atoms with van der Waals surface area (Å²) in [5.41, 5.74) is 9.83. The zero-order valence-electron chi connectivity index (χ0n) is 33.0. The number of aromatic nitrogens is 4. The second-order valence-corrected chi connectivity index (χ2v) is 22.0. The maximum absolute atomic E-state index is 16.0. The Kier molecular flexibility index (Phi) is 10.4. The number of hydrogen-bond acceptors (Lipinski definition) is 21. The number of nitrogens with zero attached hydrogens (tertiary/aromatic N) is 7. The number of H-pyrrole nitrogens is 1. The number of carbonyl (C=O) groups excluding carboxylic acids is 1. The summed E-state index contributed by atoms with van der Waals surface area (Å²) >= 11 is 0.962. The van der Waals surface area contributed by atoms with Gasteiger partial charge < -0.3 is 50.2 Å². The van der Waals surface area contributed by atoms with E-state index in [1.165, 1.54) is 54.9 Å². The first kappa shape index (κ1) is 42.0. The van der Waals surface area contributed by atoms with E-state index in [1.54, 1.807) is 29.2 Å². The van der Waals surface area contributed by atoms with Gasteiger partial charge in [0, 0.05) is 18.3 Å². The molecule has 4 fully saturated rings. The summed E-state index contributed by atoms with van der Waals surface area (Å²) in [6.07, 6.45) is -2.58. The number of aliphatic hydroxyl groups is 1. The Labute approximate surface area is 360 Å². The van der Waals surface area contributed by atoms with Crippen molar-refractivity contribution >= 4 is 67.4 Å². The van der Waals surface area contributed by atoms with E-state index >= 15 is 4.57 Å². The molecule has 26 heteroatoms. The first-order valence-corrected chi connectivity index (χ1v) is 24.4. The molecule has 6 heterocycles. The van der Waals surface area contributed by atoms with Gasteiger partial charge in [-0.05, 0) is 54.3 Å². The number of phosphoric acid groups is 1. The summed E-state index contributed by atoms with van der Waals surface area (Å²) in [6, 6.07) is 10.8. The molecule has 1 spiro atoms. The minimum atomic E-state index is -5.03. The van der Waals surface area contributed by atoms with Crippen molar-refractivity contribution in [1.29, 1.82) is 0 Å². The molecule has 2 saturated heterocycles. The smallest absolute Gasteiger partial charge is 0.472 e. The number of anilines is 1. The number of nitrogens with one attached hydrogen (secondary N) is 1. The second kappa shape index (κ2) is 15.6. The zero-order valence-corrected chi connectivity index (χ0v) is 35.6. The van der Waals surface area contributed by atoms with Crippen LogP contribution in [0.1, 0.15) is 28.6 Å². The number of phosphoric ester groups is 1. The van der Waals surface area contributed by atoms with E-state index in [9.17, 15) is 29.3 Å². The fourth-order valence-corrected chi connectivity index (χ4v) is 16.0. The Hall–Kier alpha value is -5.00. The molecule has 0 radical (unpaired) electrons. The predicted octanol–water partition coefficient (Wildman–Crippen LogP) is 1.75. The Balaban J connectivity index is 0.982. The van der Waals surface area contributed by atoms with Crippen LogP contribution >= 0.6 is 25.8 Å². The molecule has 23 nitrogen and oxygen atoms in total. The molecule has 8 N–H and O–H groups in total. The number of nitrogens with two attached hydrogens (primary N) is 2. The van der Waals surface area contributed by atoms with Gasteiger partial charge in [0.15, 0.2) is 23.6 Å². The number of rotatable bonds is 8. The van der Waals surface area contributed by atoms with E-state index in [0.717, 1.165) is 11.4 Å². The van der Waals surface area contributed by atoms with Crippen molar-refractivity contribution < 1.29 is 56.8 Å². The fraction of sp³-hybridized carbons (Fsp3) is 0.432. The normalized spacial score (nSPS) is 36.8. The summed E-state index contributed by atoms with van der Waals surface area (Å²) in [4.78, 5) is 62.4. The third-order valence-corrected chi connectivity index (χ3v) is 18.6. The summed E-state index contributed by atoms with van der Waals surface area (Å²) in [7, 11) is -3.70. The highest BCUT2D eigenvalue weighted by Crippen LogP contribution is 2.80. The molecule has 2 aromatic heterocycles. The highest BCUT2D eigenvalue weighted by molar-refractivity contribution is 8.56. The van der Waals surface area contributed by atoms with Crippen LogP contribution in [0.4, 0.5) is 5.95 Å². The third-order valence-electron chi connectivity index (χ3n) is 12.3. The molecule has 2 aliphatic carbocycles. The molecular weight excluding hydrogens is 886 g/mol. The van der Waals surface area contributed by atoms with Crippen LogP contribution < -0.4 is 21.8 Å².